The van der Waals surface area contributed by atoms with E-state index < -0.39 is 0 Å². The van der Waals surface area contributed by atoms with Crippen molar-refractivity contribution in [1.29, 1.82) is 0 Å². The minimum absolute atomic E-state index is 0.106. The van der Waals surface area contributed by atoms with Crippen LogP contribution in [0.3, 0.4) is 0 Å². The molecular formula is C29H32F2N4O2. The minimum Gasteiger partial charge on any atom is -0.461 e. The molecule has 0 aliphatic carbocycles. The molecule has 8 heteroatoms. The zero-order chi connectivity index (χ0) is 25.7. The third-order valence-corrected chi connectivity index (χ3v) is 7.84. The second-order valence-electron chi connectivity index (χ2n) is 10.8. The number of hydrogen-bond acceptors (Lipinski definition) is 4. The highest BCUT2D eigenvalue weighted by Crippen LogP contribution is 2.38. The summed E-state index contributed by atoms with van der Waals surface area (Å²) in [6.07, 6.45) is 3.13. The van der Waals surface area contributed by atoms with E-state index in [2.05, 4.69) is 27.5 Å². The molecule has 2 aliphatic rings. The molecule has 4 atom stereocenters. The summed E-state index contributed by atoms with van der Waals surface area (Å²) in [6.45, 7) is 5.28. The maximum absolute atomic E-state index is 14.2. The predicted octanol–water partition coefficient (Wildman–Crippen LogP) is 4.97. The number of halogens is 2. The second kappa shape index (κ2) is 9.58. The van der Waals surface area contributed by atoms with Crippen LogP contribution in [0.4, 0.5) is 8.78 Å². The van der Waals surface area contributed by atoms with E-state index in [1.54, 1.807) is 0 Å². The summed E-state index contributed by atoms with van der Waals surface area (Å²) in [4.78, 5) is 18.4. The van der Waals surface area contributed by atoms with Gasteiger partial charge in [0.25, 0.3) is 0 Å². The summed E-state index contributed by atoms with van der Waals surface area (Å²) >= 11 is 0. The lowest BCUT2D eigenvalue weighted by Crippen LogP contribution is -2.24. The van der Waals surface area contributed by atoms with Crippen LogP contribution in [0.15, 0.2) is 36.4 Å². The zero-order valence-corrected chi connectivity index (χ0v) is 21.1. The van der Waals surface area contributed by atoms with Crippen molar-refractivity contribution in [3.8, 4) is 11.4 Å². The van der Waals surface area contributed by atoms with Gasteiger partial charge in [-0.05, 0) is 79.3 Å². The van der Waals surface area contributed by atoms with Gasteiger partial charge in [0.15, 0.2) is 0 Å². The van der Waals surface area contributed by atoms with Crippen LogP contribution < -0.4 is 10.6 Å². The van der Waals surface area contributed by atoms with Crippen molar-refractivity contribution in [3.63, 3.8) is 0 Å². The van der Waals surface area contributed by atoms with Crippen molar-refractivity contribution in [1.82, 2.24) is 20.6 Å². The second-order valence-corrected chi connectivity index (χ2v) is 10.8. The molecule has 0 amide bonds. The average molecular weight is 507 g/mol. The van der Waals surface area contributed by atoms with Gasteiger partial charge in [-0.1, -0.05) is 6.92 Å². The summed E-state index contributed by atoms with van der Waals surface area (Å²) in [5, 5.41) is 9.07. The van der Waals surface area contributed by atoms with Crippen LogP contribution in [0.5, 0.6) is 0 Å². The number of aromatic nitrogens is 2. The van der Waals surface area contributed by atoms with Crippen LogP contribution in [0, 0.1) is 17.6 Å². The first-order chi connectivity index (χ1) is 17.8. The van der Waals surface area contributed by atoms with E-state index >= 15 is 0 Å². The van der Waals surface area contributed by atoms with Gasteiger partial charge in [0.05, 0.1) is 11.4 Å². The van der Waals surface area contributed by atoms with Crippen LogP contribution in [-0.4, -0.2) is 47.2 Å². The van der Waals surface area contributed by atoms with E-state index in [1.165, 1.54) is 31.2 Å². The number of esters is 1. The molecule has 4 heterocycles. The summed E-state index contributed by atoms with van der Waals surface area (Å²) in [5.74, 6) is -0.254. The molecule has 2 fully saturated rings. The van der Waals surface area contributed by atoms with E-state index in [0.717, 1.165) is 63.7 Å². The molecule has 4 aromatic rings. The van der Waals surface area contributed by atoms with Gasteiger partial charge in [-0.25, -0.2) is 8.78 Å². The van der Waals surface area contributed by atoms with Crippen LogP contribution in [0.25, 0.3) is 33.2 Å². The normalized spacial score (nSPS) is 23.9. The van der Waals surface area contributed by atoms with Crippen molar-refractivity contribution in [2.24, 2.45) is 5.92 Å². The lowest BCUT2D eigenvalue weighted by molar-refractivity contribution is -0.145. The quantitative estimate of drug-likeness (QED) is 0.278. The standard InChI is InChI=1S/C29H32F2N4O2/c1-15-7-19(32-13-15)11-24-22-5-3-17(30)8-26(22)34-28(24)29-25(23-6-4-18(31)9-27(23)35-29)12-20-10-21(14-33-20)37-16(2)36/h3-6,8-9,15,19-21,32-35H,7,10-14H2,1-2H3/t15-,19-,20-,21-/m0/s1. The van der Waals surface area contributed by atoms with E-state index in [0.29, 0.717) is 31.3 Å². The Kier molecular flexibility index (Phi) is 6.24. The van der Waals surface area contributed by atoms with Crippen molar-refractivity contribution in [3.05, 3.63) is 59.2 Å². The monoisotopic (exact) mass is 506 g/mol. The maximum atomic E-state index is 14.2. The third-order valence-electron chi connectivity index (χ3n) is 7.84. The molecule has 194 valence electrons. The fourth-order valence-corrected chi connectivity index (χ4v) is 6.24. The molecule has 0 bridgehead atoms. The van der Waals surface area contributed by atoms with Crippen molar-refractivity contribution >= 4 is 27.8 Å². The fourth-order valence-electron chi connectivity index (χ4n) is 6.24. The van der Waals surface area contributed by atoms with Crippen molar-refractivity contribution < 1.29 is 18.3 Å². The molecule has 2 aliphatic heterocycles. The van der Waals surface area contributed by atoms with Gasteiger partial charge >= 0.3 is 5.97 Å². The largest absolute Gasteiger partial charge is 0.461 e. The molecule has 0 unspecified atom stereocenters. The van der Waals surface area contributed by atoms with E-state index in [4.69, 9.17) is 4.74 Å². The molecule has 2 aromatic heterocycles. The van der Waals surface area contributed by atoms with Crippen LogP contribution >= 0.6 is 0 Å². The molecule has 2 saturated heterocycles. The number of benzene rings is 2. The average Bonchev–Trinajstić information content (AvgIpc) is 3.61. The predicted molar refractivity (Wildman–Crippen MR) is 140 cm³/mol. The molecule has 0 radical (unpaired) electrons. The van der Waals surface area contributed by atoms with Gasteiger partial charge in [-0.2, -0.15) is 0 Å². The maximum Gasteiger partial charge on any atom is 0.302 e. The molecule has 0 saturated carbocycles. The number of carbonyl (C=O) groups is 1. The van der Waals surface area contributed by atoms with Crippen LogP contribution in [0.1, 0.15) is 37.8 Å². The van der Waals surface area contributed by atoms with Crippen LogP contribution in [-0.2, 0) is 22.4 Å². The van der Waals surface area contributed by atoms with E-state index in [-0.39, 0.29) is 29.7 Å². The molecule has 6 nitrogen and oxygen atoms in total. The Morgan fingerprint density at radius 2 is 1.41 bits per heavy atom. The molecule has 0 spiro atoms. The van der Waals surface area contributed by atoms with Gasteiger partial charge in [0.1, 0.15) is 17.7 Å². The Labute approximate surface area is 214 Å². The molecule has 6 rings (SSSR count). The van der Waals surface area contributed by atoms with Gasteiger partial charge in [0.2, 0.25) is 0 Å². The van der Waals surface area contributed by atoms with Gasteiger partial charge in [-0.15, -0.1) is 0 Å². The van der Waals surface area contributed by atoms with Crippen LogP contribution in [0.2, 0.25) is 0 Å². The van der Waals surface area contributed by atoms with Crippen molar-refractivity contribution in [2.45, 2.75) is 57.7 Å². The van der Waals surface area contributed by atoms with E-state index in [9.17, 15) is 13.6 Å². The number of carbonyl (C=O) groups excluding carboxylic acids is 1. The molecule has 4 N–H and O–H groups in total. The number of hydrogen-bond donors (Lipinski definition) is 4. The van der Waals surface area contributed by atoms with Gasteiger partial charge < -0.3 is 25.3 Å². The topological polar surface area (TPSA) is 81.9 Å². The summed E-state index contributed by atoms with van der Waals surface area (Å²) in [6, 6.07) is 10.2. The molecule has 2 aromatic carbocycles. The summed E-state index contributed by atoms with van der Waals surface area (Å²) in [5.41, 5.74) is 5.49. The Hall–Kier alpha value is -3.23. The Morgan fingerprint density at radius 1 is 0.865 bits per heavy atom. The molecule has 37 heavy (non-hydrogen) atoms. The van der Waals surface area contributed by atoms with E-state index in [1.807, 2.05) is 12.1 Å². The first-order valence-electron chi connectivity index (χ1n) is 13.1. The summed E-state index contributed by atoms with van der Waals surface area (Å²) in [7, 11) is 0. The lowest BCUT2D eigenvalue weighted by Gasteiger charge is -2.14. The fraction of sp³-hybridized carbons (Fsp3) is 0.414. The SMILES string of the molecule is CC(=O)O[C@@H]1CN[C@H](Cc2c(-c3[nH]c4cc(F)ccc4c3C[C@@H]3C[C@H](C)CN3)[nH]c3cc(F)ccc23)C1. The van der Waals surface area contributed by atoms with Gasteiger partial charge in [-0.3, -0.25) is 4.79 Å². The smallest absolute Gasteiger partial charge is 0.302 e. The molecular weight excluding hydrogens is 474 g/mol. The first kappa shape index (κ1) is 24.1. The highest BCUT2D eigenvalue weighted by molar-refractivity contribution is 5.96. The Balaban J connectivity index is 1.45. The minimum atomic E-state index is -0.302. The number of aromatic amines is 2. The first-order valence-corrected chi connectivity index (χ1v) is 13.1. The number of fused-ring (bicyclic) bond motifs is 2. The van der Waals surface area contributed by atoms with Gasteiger partial charge in [0, 0.05) is 53.8 Å². The number of rotatable bonds is 6. The number of ether oxygens (including phenoxy) is 1. The Bertz CT molecular complexity index is 1480. The van der Waals surface area contributed by atoms with Crippen molar-refractivity contribution in [2.75, 3.05) is 13.1 Å². The number of nitrogens with one attached hydrogen (secondary N) is 4. The zero-order valence-electron chi connectivity index (χ0n) is 21.1. The number of H-pyrrole nitrogens is 2. The lowest BCUT2D eigenvalue weighted by atomic mass is 9.95. The summed E-state index contributed by atoms with van der Waals surface area (Å²) < 4.78 is 33.8. The highest BCUT2D eigenvalue weighted by atomic mass is 19.1. The third kappa shape index (κ3) is 4.76. The Morgan fingerprint density at radius 3 is 1.92 bits per heavy atom. The highest BCUT2D eigenvalue weighted by Gasteiger charge is 2.30.